The first-order valence-corrected chi connectivity index (χ1v) is 5.14. The van der Waals surface area contributed by atoms with Gasteiger partial charge in [0.15, 0.2) is 5.15 Å². The number of hydrogen-bond donors (Lipinski definition) is 1. The summed E-state index contributed by atoms with van der Waals surface area (Å²) in [5.41, 5.74) is 0.837. The molecule has 1 atom stereocenters. The highest BCUT2D eigenvalue weighted by molar-refractivity contribution is 6.29. The summed E-state index contributed by atoms with van der Waals surface area (Å²) in [6, 6.07) is 1.72. The molecule has 1 saturated heterocycles. The van der Waals surface area contributed by atoms with E-state index in [9.17, 15) is 0 Å². The molecule has 0 aromatic carbocycles. The lowest BCUT2D eigenvalue weighted by atomic mass is 10.3. The predicted molar refractivity (Wildman–Crippen MR) is 56.1 cm³/mol. The van der Waals surface area contributed by atoms with Gasteiger partial charge < -0.3 is 14.8 Å². The van der Waals surface area contributed by atoms with Gasteiger partial charge in [-0.3, -0.25) is 0 Å². The highest BCUT2D eigenvalue weighted by atomic mass is 35.5. The molecule has 0 amide bonds. The van der Waals surface area contributed by atoms with Crippen molar-refractivity contribution in [2.75, 3.05) is 31.7 Å². The normalized spacial score (nSPS) is 21.3. The summed E-state index contributed by atoms with van der Waals surface area (Å²) in [6.45, 7) is 2.64. The molecule has 1 N–H and O–H groups in total. The smallest absolute Gasteiger partial charge is 0.153 e. The minimum atomic E-state index is 0.0886. The summed E-state index contributed by atoms with van der Waals surface area (Å²) in [7, 11) is 0. The van der Waals surface area contributed by atoms with Crippen molar-refractivity contribution in [2.45, 2.75) is 6.10 Å². The first-order valence-electron chi connectivity index (χ1n) is 4.76. The van der Waals surface area contributed by atoms with Crippen molar-refractivity contribution >= 4 is 17.3 Å². The van der Waals surface area contributed by atoms with Crippen molar-refractivity contribution in [1.29, 1.82) is 0 Å². The maximum Gasteiger partial charge on any atom is 0.153 e. The van der Waals surface area contributed by atoms with Gasteiger partial charge >= 0.3 is 0 Å². The number of nitrogens with one attached hydrogen (secondary N) is 1. The van der Waals surface area contributed by atoms with E-state index < -0.39 is 0 Å². The van der Waals surface area contributed by atoms with Crippen molar-refractivity contribution in [1.82, 2.24) is 10.2 Å². The van der Waals surface area contributed by atoms with Crippen LogP contribution in [0.5, 0.6) is 0 Å². The Morgan fingerprint density at radius 2 is 2.47 bits per heavy atom. The number of nitrogens with zero attached hydrogens (tertiary/aromatic N) is 2. The fraction of sp³-hybridized carbons (Fsp3) is 0.556. The van der Waals surface area contributed by atoms with Gasteiger partial charge in [-0.2, -0.15) is 5.10 Å². The zero-order valence-corrected chi connectivity index (χ0v) is 8.91. The number of rotatable bonds is 3. The van der Waals surface area contributed by atoms with Crippen molar-refractivity contribution in [3.8, 4) is 0 Å². The van der Waals surface area contributed by atoms with Gasteiger partial charge in [0, 0.05) is 12.6 Å². The Morgan fingerprint density at radius 3 is 3.20 bits per heavy atom. The van der Waals surface area contributed by atoms with Crippen LogP contribution < -0.4 is 5.32 Å². The largest absolute Gasteiger partial charge is 0.381 e. The molecule has 0 bridgehead atoms. The number of halogens is 1. The van der Waals surface area contributed by atoms with E-state index in [1.165, 1.54) is 0 Å². The molecular weight excluding hydrogens is 218 g/mol. The molecule has 0 spiro atoms. The third-order valence-corrected chi connectivity index (χ3v) is 2.23. The van der Waals surface area contributed by atoms with Crippen LogP contribution in [0.1, 0.15) is 0 Å². The van der Waals surface area contributed by atoms with Crippen LogP contribution >= 0.6 is 11.6 Å². The molecule has 1 fully saturated rings. The summed E-state index contributed by atoms with van der Waals surface area (Å²) < 4.78 is 10.7. The lowest BCUT2D eigenvalue weighted by Gasteiger charge is -2.23. The SMILES string of the molecule is Clc1cc(NCC2COCCO2)cnn1. The van der Waals surface area contributed by atoms with Crippen LogP contribution in [0.4, 0.5) is 5.69 Å². The first-order chi connectivity index (χ1) is 7.34. The average Bonchev–Trinajstić information content (AvgIpc) is 2.28. The van der Waals surface area contributed by atoms with Crippen LogP contribution in [0.25, 0.3) is 0 Å². The number of anilines is 1. The Balaban J connectivity index is 1.81. The van der Waals surface area contributed by atoms with Crippen molar-refractivity contribution in [3.05, 3.63) is 17.4 Å². The molecule has 0 radical (unpaired) electrons. The van der Waals surface area contributed by atoms with E-state index in [0.717, 1.165) is 5.69 Å². The van der Waals surface area contributed by atoms with Crippen LogP contribution in [0.3, 0.4) is 0 Å². The van der Waals surface area contributed by atoms with Crippen LogP contribution in [-0.4, -0.2) is 42.7 Å². The maximum absolute atomic E-state index is 5.70. The third-order valence-electron chi connectivity index (χ3n) is 2.04. The fourth-order valence-corrected chi connectivity index (χ4v) is 1.48. The van der Waals surface area contributed by atoms with Crippen LogP contribution in [0.2, 0.25) is 5.15 Å². The minimum absolute atomic E-state index is 0.0886. The van der Waals surface area contributed by atoms with Crippen molar-refractivity contribution in [3.63, 3.8) is 0 Å². The van der Waals surface area contributed by atoms with E-state index in [2.05, 4.69) is 15.5 Å². The Labute approximate surface area is 92.7 Å². The quantitative estimate of drug-likeness (QED) is 0.837. The topological polar surface area (TPSA) is 56.3 Å². The van der Waals surface area contributed by atoms with E-state index in [-0.39, 0.29) is 6.10 Å². The lowest BCUT2D eigenvalue weighted by molar-refractivity contribution is -0.0818. The van der Waals surface area contributed by atoms with Crippen LogP contribution in [0.15, 0.2) is 12.3 Å². The zero-order chi connectivity index (χ0) is 10.5. The monoisotopic (exact) mass is 229 g/mol. The molecule has 82 valence electrons. The van der Waals surface area contributed by atoms with Gasteiger partial charge in [0.25, 0.3) is 0 Å². The van der Waals surface area contributed by atoms with E-state index >= 15 is 0 Å². The third kappa shape index (κ3) is 3.30. The molecule has 5 nitrogen and oxygen atoms in total. The first kappa shape index (κ1) is 10.6. The second kappa shape index (κ2) is 5.25. The standard InChI is InChI=1S/C9H12ClN3O2/c10-9-3-7(4-12-13-9)11-5-8-6-14-1-2-15-8/h3-4,8H,1-2,5-6H2,(H,11,13). The maximum atomic E-state index is 5.70. The number of hydrogen-bond acceptors (Lipinski definition) is 5. The van der Waals surface area contributed by atoms with E-state index in [1.807, 2.05) is 0 Å². The van der Waals surface area contributed by atoms with Gasteiger partial charge in [-0.05, 0) is 0 Å². The molecule has 0 aliphatic carbocycles. The van der Waals surface area contributed by atoms with Gasteiger partial charge in [0.2, 0.25) is 0 Å². The molecule has 2 rings (SSSR count). The number of ether oxygens (including phenoxy) is 2. The Morgan fingerprint density at radius 1 is 1.53 bits per heavy atom. The van der Waals surface area contributed by atoms with E-state index in [1.54, 1.807) is 12.3 Å². The fourth-order valence-electron chi connectivity index (χ4n) is 1.32. The second-order valence-corrected chi connectivity index (χ2v) is 3.60. The second-order valence-electron chi connectivity index (χ2n) is 3.22. The molecule has 1 aromatic rings. The predicted octanol–water partition coefficient (Wildman–Crippen LogP) is 0.957. The summed E-state index contributed by atoms with van der Waals surface area (Å²) in [4.78, 5) is 0. The Kier molecular flexibility index (Phi) is 3.71. The molecule has 1 aromatic heterocycles. The highest BCUT2D eigenvalue weighted by Crippen LogP contribution is 2.10. The molecule has 1 unspecified atom stereocenters. The molecule has 2 heterocycles. The van der Waals surface area contributed by atoms with Gasteiger partial charge in [-0.1, -0.05) is 11.6 Å². The average molecular weight is 230 g/mol. The van der Waals surface area contributed by atoms with Crippen molar-refractivity contribution < 1.29 is 9.47 Å². The van der Waals surface area contributed by atoms with E-state index in [0.29, 0.717) is 31.5 Å². The summed E-state index contributed by atoms with van der Waals surface area (Å²) in [5, 5.41) is 10.9. The molecule has 0 saturated carbocycles. The van der Waals surface area contributed by atoms with Gasteiger partial charge in [0.1, 0.15) is 0 Å². The Hall–Kier alpha value is -0.910. The van der Waals surface area contributed by atoms with Crippen LogP contribution in [-0.2, 0) is 9.47 Å². The number of aromatic nitrogens is 2. The zero-order valence-electron chi connectivity index (χ0n) is 8.15. The molecule has 1 aliphatic rings. The van der Waals surface area contributed by atoms with Crippen LogP contribution in [0, 0.1) is 0 Å². The van der Waals surface area contributed by atoms with E-state index in [4.69, 9.17) is 21.1 Å². The Bertz CT molecular complexity index is 318. The summed E-state index contributed by atoms with van der Waals surface area (Å²) in [5.74, 6) is 0. The molecule has 6 heteroatoms. The summed E-state index contributed by atoms with van der Waals surface area (Å²) in [6.07, 6.45) is 1.71. The minimum Gasteiger partial charge on any atom is -0.381 e. The van der Waals surface area contributed by atoms with Gasteiger partial charge in [-0.25, -0.2) is 0 Å². The van der Waals surface area contributed by atoms with Crippen molar-refractivity contribution in [2.24, 2.45) is 0 Å². The van der Waals surface area contributed by atoms with Gasteiger partial charge in [-0.15, -0.1) is 5.10 Å². The molecule has 15 heavy (non-hydrogen) atoms. The summed E-state index contributed by atoms with van der Waals surface area (Å²) >= 11 is 5.70. The lowest BCUT2D eigenvalue weighted by Crippen LogP contribution is -2.34. The highest BCUT2D eigenvalue weighted by Gasteiger charge is 2.13. The molecule has 1 aliphatic heterocycles. The van der Waals surface area contributed by atoms with Gasteiger partial charge in [0.05, 0.1) is 37.8 Å². The molecular formula is C9H12ClN3O2.